The van der Waals surface area contributed by atoms with Crippen LogP contribution in [0.3, 0.4) is 0 Å². The normalized spacial score (nSPS) is 21.5. The Morgan fingerprint density at radius 3 is 2.84 bits per heavy atom. The fourth-order valence-corrected chi connectivity index (χ4v) is 2.79. The van der Waals surface area contributed by atoms with E-state index in [0.717, 1.165) is 30.9 Å². The van der Waals surface area contributed by atoms with Crippen molar-refractivity contribution in [3.63, 3.8) is 0 Å². The second-order valence-electron chi connectivity index (χ2n) is 5.46. The summed E-state index contributed by atoms with van der Waals surface area (Å²) >= 11 is 0. The molecular weight excluding hydrogens is 238 g/mol. The van der Waals surface area contributed by atoms with Crippen LogP contribution in [-0.2, 0) is 0 Å². The summed E-state index contributed by atoms with van der Waals surface area (Å²) in [7, 11) is 0. The van der Waals surface area contributed by atoms with Crippen LogP contribution >= 0.6 is 0 Å². The van der Waals surface area contributed by atoms with Gasteiger partial charge in [-0.05, 0) is 44.0 Å². The van der Waals surface area contributed by atoms with E-state index in [9.17, 15) is 5.11 Å². The van der Waals surface area contributed by atoms with Gasteiger partial charge in [0.2, 0.25) is 0 Å². The Balaban J connectivity index is 1.88. The monoisotopic (exact) mass is 263 g/mol. The molecule has 1 heterocycles. The molecule has 0 aliphatic carbocycles. The quantitative estimate of drug-likeness (QED) is 0.855. The van der Waals surface area contributed by atoms with E-state index in [1.165, 1.54) is 6.42 Å². The van der Waals surface area contributed by atoms with Crippen LogP contribution < -0.4 is 4.74 Å². The van der Waals surface area contributed by atoms with Crippen LogP contribution in [0.2, 0.25) is 0 Å². The van der Waals surface area contributed by atoms with E-state index in [-0.39, 0.29) is 12.5 Å². The van der Waals surface area contributed by atoms with Gasteiger partial charge in [-0.3, -0.25) is 0 Å². The lowest BCUT2D eigenvalue weighted by Gasteiger charge is -2.22. The third-order valence-electron chi connectivity index (χ3n) is 4.20. The molecule has 1 saturated heterocycles. The molecule has 1 aliphatic heterocycles. The molecule has 0 saturated carbocycles. The molecule has 3 nitrogen and oxygen atoms in total. The van der Waals surface area contributed by atoms with E-state index in [0.29, 0.717) is 12.5 Å². The summed E-state index contributed by atoms with van der Waals surface area (Å²) < 4.78 is 5.89. The van der Waals surface area contributed by atoms with Gasteiger partial charge in [-0.15, -0.1) is 0 Å². The largest absolute Gasteiger partial charge is 0.493 e. The molecule has 2 rings (SSSR count). The summed E-state index contributed by atoms with van der Waals surface area (Å²) in [4.78, 5) is 2.45. The Hall–Kier alpha value is -1.06. The molecule has 0 spiro atoms. The van der Waals surface area contributed by atoms with Gasteiger partial charge in [-0.1, -0.05) is 25.1 Å². The van der Waals surface area contributed by atoms with Crippen LogP contribution in [0.15, 0.2) is 24.3 Å². The molecule has 106 valence electrons. The topological polar surface area (TPSA) is 32.7 Å². The van der Waals surface area contributed by atoms with Gasteiger partial charge >= 0.3 is 0 Å². The van der Waals surface area contributed by atoms with Gasteiger partial charge in [0.15, 0.2) is 0 Å². The van der Waals surface area contributed by atoms with E-state index in [4.69, 9.17) is 4.74 Å². The molecule has 1 aromatic rings. The van der Waals surface area contributed by atoms with E-state index in [1.807, 2.05) is 18.2 Å². The average Bonchev–Trinajstić information content (AvgIpc) is 2.90. The first-order chi connectivity index (χ1) is 9.24. The van der Waals surface area contributed by atoms with Crippen LogP contribution in [0.4, 0.5) is 0 Å². The molecule has 19 heavy (non-hydrogen) atoms. The van der Waals surface area contributed by atoms with Crippen LogP contribution in [0.25, 0.3) is 0 Å². The number of aliphatic hydroxyl groups is 1. The minimum atomic E-state index is 0.216. The van der Waals surface area contributed by atoms with Crippen molar-refractivity contribution >= 4 is 0 Å². The number of benzene rings is 1. The molecule has 3 heteroatoms. The molecule has 0 aromatic heterocycles. The second kappa shape index (κ2) is 6.92. The summed E-state index contributed by atoms with van der Waals surface area (Å²) in [5.41, 5.74) is 1.15. The van der Waals surface area contributed by atoms with E-state index in [2.05, 4.69) is 24.8 Å². The number of para-hydroxylation sites is 1. The first-order valence-electron chi connectivity index (χ1n) is 7.26. The Kier molecular flexibility index (Phi) is 5.23. The molecule has 0 radical (unpaired) electrons. The zero-order valence-corrected chi connectivity index (χ0v) is 12.0. The van der Waals surface area contributed by atoms with Crippen molar-refractivity contribution in [1.82, 2.24) is 4.90 Å². The molecule has 1 aliphatic rings. The highest BCUT2D eigenvalue weighted by molar-refractivity contribution is 5.31. The van der Waals surface area contributed by atoms with Gasteiger partial charge in [-0.25, -0.2) is 0 Å². The predicted molar refractivity (Wildman–Crippen MR) is 77.5 cm³/mol. The Bertz CT molecular complexity index is 394. The van der Waals surface area contributed by atoms with E-state index in [1.54, 1.807) is 0 Å². The molecule has 1 aromatic carbocycles. The van der Waals surface area contributed by atoms with Crippen molar-refractivity contribution in [3.05, 3.63) is 29.8 Å². The Morgan fingerprint density at radius 1 is 1.42 bits per heavy atom. The maximum atomic E-state index is 9.59. The first-order valence-corrected chi connectivity index (χ1v) is 7.26. The Labute approximate surface area is 116 Å². The van der Waals surface area contributed by atoms with Gasteiger partial charge in [-0.2, -0.15) is 0 Å². The minimum absolute atomic E-state index is 0.216. The predicted octanol–water partition coefficient (Wildman–Crippen LogP) is 2.32. The number of rotatable bonds is 6. The molecule has 0 amide bonds. The van der Waals surface area contributed by atoms with Gasteiger partial charge in [0, 0.05) is 19.1 Å². The fourth-order valence-electron chi connectivity index (χ4n) is 2.79. The molecule has 0 bridgehead atoms. The third kappa shape index (κ3) is 3.71. The number of hydrogen-bond acceptors (Lipinski definition) is 3. The number of ether oxygens (including phenoxy) is 1. The lowest BCUT2D eigenvalue weighted by molar-refractivity contribution is 0.118. The third-order valence-corrected chi connectivity index (χ3v) is 4.20. The van der Waals surface area contributed by atoms with Crippen molar-refractivity contribution in [3.8, 4) is 5.75 Å². The highest BCUT2D eigenvalue weighted by Gasteiger charge is 2.28. The van der Waals surface area contributed by atoms with E-state index < -0.39 is 0 Å². The van der Waals surface area contributed by atoms with Crippen LogP contribution in [0.1, 0.15) is 18.9 Å². The lowest BCUT2D eigenvalue weighted by Crippen LogP contribution is -2.28. The fraction of sp³-hybridized carbons (Fsp3) is 0.625. The van der Waals surface area contributed by atoms with Gasteiger partial charge < -0.3 is 14.7 Å². The number of aliphatic hydroxyl groups excluding tert-OH is 1. The van der Waals surface area contributed by atoms with Crippen molar-refractivity contribution in [2.75, 3.05) is 32.8 Å². The summed E-state index contributed by atoms with van der Waals surface area (Å²) in [5.74, 6) is 1.75. The standard InChI is InChI=1S/C16H25NO2/c1-3-17-9-8-14(10-17)15(11-18)12-19-16-7-5-4-6-13(16)2/h4-7,14-15,18H,3,8-12H2,1-2H3. The summed E-state index contributed by atoms with van der Waals surface area (Å²) in [6.07, 6.45) is 1.18. The second-order valence-corrected chi connectivity index (χ2v) is 5.46. The molecular formula is C16H25NO2. The molecule has 2 unspecified atom stereocenters. The van der Waals surface area contributed by atoms with Crippen molar-refractivity contribution in [2.45, 2.75) is 20.3 Å². The number of aryl methyl sites for hydroxylation is 1. The SMILES string of the molecule is CCN1CCC(C(CO)COc2ccccc2C)C1. The number of nitrogens with zero attached hydrogens (tertiary/aromatic N) is 1. The highest BCUT2D eigenvalue weighted by atomic mass is 16.5. The lowest BCUT2D eigenvalue weighted by atomic mass is 9.93. The van der Waals surface area contributed by atoms with E-state index >= 15 is 0 Å². The number of hydrogen-bond donors (Lipinski definition) is 1. The van der Waals surface area contributed by atoms with Crippen molar-refractivity contribution in [1.29, 1.82) is 0 Å². The van der Waals surface area contributed by atoms with Crippen LogP contribution in [0.5, 0.6) is 5.75 Å². The minimum Gasteiger partial charge on any atom is -0.493 e. The molecule has 1 N–H and O–H groups in total. The summed E-state index contributed by atoms with van der Waals surface area (Å²) in [6, 6.07) is 8.06. The first kappa shape index (κ1) is 14.4. The van der Waals surface area contributed by atoms with Crippen molar-refractivity contribution < 1.29 is 9.84 Å². The highest BCUT2D eigenvalue weighted by Crippen LogP contribution is 2.25. The smallest absolute Gasteiger partial charge is 0.122 e. The maximum absolute atomic E-state index is 9.59. The van der Waals surface area contributed by atoms with Gasteiger partial charge in [0.25, 0.3) is 0 Å². The maximum Gasteiger partial charge on any atom is 0.122 e. The summed E-state index contributed by atoms with van der Waals surface area (Å²) in [5, 5.41) is 9.59. The Morgan fingerprint density at radius 2 is 2.21 bits per heavy atom. The summed E-state index contributed by atoms with van der Waals surface area (Å²) in [6.45, 7) is 8.43. The zero-order chi connectivity index (χ0) is 13.7. The van der Waals surface area contributed by atoms with Gasteiger partial charge in [0.05, 0.1) is 6.61 Å². The molecule has 2 atom stereocenters. The van der Waals surface area contributed by atoms with Crippen LogP contribution in [-0.4, -0.2) is 42.9 Å². The van der Waals surface area contributed by atoms with Crippen LogP contribution in [0, 0.1) is 18.8 Å². The average molecular weight is 263 g/mol. The zero-order valence-electron chi connectivity index (χ0n) is 12.0. The molecule has 1 fully saturated rings. The van der Waals surface area contributed by atoms with Crippen molar-refractivity contribution in [2.24, 2.45) is 11.8 Å². The number of likely N-dealkylation sites (tertiary alicyclic amines) is 1. The van der Waals surface area contributed by atoms with Gasteiger partial charge in [0.1, 0.15) is 5.75 Å².